The van der Waals surface area contributed by atoms with E-state index in [-0.39, 0.29) is 9.79 Å². The van der Waals surface area contributed by atoms with Crippen molar-refractivity contribution in [2.24, 2.45) is 0 Å². The number of nitrogens with zero attached hydrogens (tertiary/aromatic N) is 7. The molecule has 5 rings (SSSR count). The number of aromatic nitrogens is 3. The first-order chi connectivity index (χ1) is 16.9. The van der Waals surface area contributed by atoms with Crippen molar-refractivity contribution in [3.63, 3.8) is 0 Å². The highest BCUT2D eigenvalue weighted by Gasteiger charge is 2.31. The smallest absolute Gasteiger partial charge is 0.213 e. The average molecular weight is 516 g/mol. The molecule has 0 amide bonds. The molecule has 0 radical (unpaired) electrons. The van der Waals surface area contributed by atoms with Crippen molar-refractivity contribution in [2.75, 3.05) is 77.6 Å². The summed E-state index contributed by atoms with van der Waals surface area (Å²) in [7, 11) is 0.478. The van der Waals surface area contributed by atoms with Crippen molar-refractivity contribution in [3.8, 4) is 0 Å². The van der Waals surface area contributed by atoms with Gasteiger partial charge in [0.2, 0.25) is 9.84 Å². The van der Waals surface area contributed by atoms with Gasteiger partial charge in [0.25, 0.3) is 0 Å². The van der Waals surface area contributed by atoms with Gasteiger partial charge in [0.1, 0.15) is 10.8 Å². The van der Waals surface area contributed by atoms with Crippen LogP contribution in [0.5, 0.6) is 0 Å². The van der Waals surface area contributed by atoms with Crippen LogP contribution in [-0.4, -0.2) is 110 Å². The molecule has 9 nitrogen and oxygen atoms in total. The largest absolute Gasteiger partial charge is 0.354 e. The zero-order chi connectivity index (χ0) is 24.6. The van der Waals surface area contributed by atoms with Crippen molar-refractivity contribution in [1.82, 2.24) is 29.3 Å². The van der Waals surface area contributed by atoms with Gasteiger partial charge in [0.05, 0.1) is 10.6 Å². The average Bonchev–Trinajstić information content (AvgIpc) is 3.25. The Labute approximate surface area is 211 Å². The monoisotopic (exact) mass is 515 g/mol. The molecule has 0 N–H and O–H groups in total. The zero-order valence-corrected chi connectivity index (χ0v) is 22.2. The molecule has 188 valence electrons. The molecule has 3 aromatic rings. The fraction of sp³-hybridized carbons (Fsp3) is 0.500. The molecular weight excluding hydrogens is 482 g/mol. The fourth-order valence-electron chi connectivity index (χ4n) is 4.67. The molecule has 4 heterocycles. The van der Waals surface area contributed by atoms with Crippen molar-refractivity contribution >= 4 is 33.1 Å². The number of thioether (sulfide) groups is 1. The number of likely N-dealkylation sites (N-methyl/N-ethyl adjacent to an activating group) is 2. The minimum absolute atomic E-state index is 0.201. The SMILES string of the molecule is CSc1nn2c(N3CCN(C)CC3)cc(CN3CCN(C)CC3)nc2c1S(=O)(=O)c1ccccc1. The Morgan fingerprint density at radius 3 is 2.17 bits per heavy atom. The summed E-state index contributed by atoms with van der Waals surface area (Å²) in [6.45, 7) is 8.28. The van der Waals surface area contributed by atoms with Gasteiger partial charge in [0.15, 0.2) is 10.5 Å². The number of hydrogen-bond acceptors (Lipinski definition) is 9. The summed E-state index contributed by atoms with van der Waals surface area (Å²) < 4.78 is 29.4. The molecule has 0 saturated carbocycles. The van der Waals surface area contributed by atoms with E-state index >= 15 is 0 Å². The first-order valence-corrected chi connectivity index (χ1v) is 14.7. The van der Waals surface area contributed by atoms with E-state index in [1.807, 2.05) is 12.3 Å². The van der Waals surface area contributed by atoms with E-state index in [2.05, 4.69) is 39.8 Å². The van der Waals surface area contributed by atoms with Gasteiger partial charge in [-0.1, -0.05) is 18.2 Å². The Bertz CT molecular complexity index is 1280. The summed E-state index contributed by atoms with van der Waals surface area (Å²) in [6.07, 6.45) is 1.87. The lowest BCUT2D eigenvalue weighted by Gasteiger charge is -2.34. The predicted octanol–water partition coefficient (Wildman–Crippen LogP) is 1.78. The van der Waals surface area contributed by atoms with Gasteiger partial charge in [-0.15, -0.1) is 11.8 Å². The molecule has 0 atom stereocenters. The number of sulfone groups is 1. The standard InChI is InChI=1S/C24H33N7O2S2/c1-27-9-13-29(14-10-27)18-19-17-21(30-15-11-28(2)12-16-30)31-23(25-19)22(24(26-31)34-3)35(32,33)20-7-5-4-6-8-20/h4-8,17H,9-16,18H2,1-3H3. The third-order valence-electron chi connectivity index (χ3n) is 6.88. The van der Waals surface area contributed by atoms with E-state index in [9.17, 15) is 8.42 Å². The number of rotatable bonds is 6. The van der Waals surface area contributed by atoms with Gasteiger partial charge in [-0.2, -0.15) is 9.61 Å². The van der Waals surface area contributed by atoms with Gasteiger partial charge in [-0.3, -0.25) is 4.90 Å². The summed E-state index contributed by atoms with van der Waals surface area (Å²) in [6, 6.07) is 10.7. The van der Waals surface area contributed by atoms with Crippen molar-refractivity contribution in [2.45, 2.75) is 21.4 Å². The first-order valence-electron chi connectivity index (χ1n) is 12.0. The Kier molecular flexibility index (Phi) is 7.04. The minimum atomic E-state index is -3.79. The normalized spacial score (nSPS) is 19.0. The molecule has 0 spiro atoms. The highest BCUT2D eigenvalue weighted by molar-refractivity contribution is 7.99. The van der Waals surface area contributed by atoms with Crippen LogP contribution in [0.15, 0.2) is 51.2 Å². The van der Waals surface area contributed by atoms with Crippen LogP contribution in [0.1, 0.15) is 5.69 Å². The van der Waals surface area contributed by atoms with Gasteiger partial charge < -0.3 is 14.7 Å². The van der Waals surface area contributed by atoms with Crippen molar-refractivity contribution in [1.29, 1.82) is 0 Å². The first kappa shape index (κ1) is 24.5. The minimum Gasteiger partial charge on any atom is -0.354 e. The zero-order valence-electron chi connectivity index (χ0n) is 20.6. The Balaban J connectivity index is 1.65. The van der Waals surface area contributed by atoms with Gasteiger partial charge in [0, 0.05) is 65.0 Å². The van der Waals surface area contributed by atoms with Crippen LogP contribution >= 0.6 is 11.8 Å². The number of hydrogen-bond donors (Lipinski definition) is 0. The summed E-state index contributed by atoms with van der Waals surface area (Å²) >= 11 is 1.35. The number of benzene rings is 1. The van der Waals surface area contributed by atoms with E-state index < -0.39 is 9.84 Å². The molecule has 0 bridgehead atoms. The van der Waals surface area contributed by atoms with Crippen LogP contribution in [-0.2, 0) is 16.4 Å². The van der Waals surface area contributed by atoms with Gasteiger partial charge >= 0.3 is 0 Å². The van der Waals surface area contributed by atoms with E-state index in [1.54, 1.807) is 28.8 Å². The third-order valence-corrected chi connectivity index (χ3v) is 9.48. The number of piperazine rings is 2. The van der Waals surface area contributed by atoms with Crippen LogP contribution in [0.4, 0.5) is 5.82 Å². The second kappa shape index (κ2) is 10.1. The molecule has 2 aliphatic heterocycles. The number of anilines is 1. The molecule has 1 aromatic carbocycles. The van der Waals surface area contributed by atoms with Crippen LogP contribution in [0.25, 0.3) is 5.65 Å². The highest BCUT2D eigenvalue weighted by atomic mass is 32.2. The van der Waals surface area contributed by atoms with Gasteiger partial charge in [-0.05, 0) is 32.5 Å². The molecule has 2 aromatic heterocycles. The Morgan fingerprint density at radius 2 is 1.54 bits per heavy atom. The molecule has 11 heteroatoms. The van der Waals surface area contributed by atoms with Crippen LogP contribution < -0.4 is 4.90 Å². The summed E-state index contributed by atoms with van der Waals surface area (Å²) in [5.41, 5.74) is 1.30. The van der Waals surface area contributed by atoms with Crippen LogP contribution in [0.3, 0.4) is 0 Å². The molecular formula is C24H33N7O2S2. The lowest BCUT2D eigenvalue weighted by Crippen LogP contribution is -2.45. The van der Waals surface area contributed by atoms with Crippen LogP contribution in [0.2, 0.25) is 0 Å². The molecule has 0 aliphatic carbocycles. The summed E-state index contributed by atoms with van der Waals surface area (Å²) in [5, 5.41) is 5.26. The summed E-state index contributed by atoms with van der Waals surface area (Å²) in [5.74, 6) is 0.914. The quantitative estimate of drug-likeness (QED) is 0.457. The lowest BCUT2D eigenvalue weighted by atomic mass is 10.2. The summed E-state index contributed by atoms with van der Waals surface area (Å²) in [4.78, 5) is 14.7. The van der Waals surface area contributed by atoms with E-state index in [0.29, 0.717) is 17.2 Å². The second-order valence-electron chi connectivity index (χ2n) is 9.37. The molecule has 2 fully saturated rings. The Hall–Kier alpha value is -2.18. The second-order valence-corrected chi connectivity index (χ2v) is 12.0. The fourth-order valence-corrected chi connectivity index (χ4v) is 7.09. The molecule has 0 unspecified atom stereocenters. The van der Waals surface area contributed by atoms with Crippen LogP contribution in [0, 0.1) is 0 Å². The van der Waals surface area contributed by atoms with Gasteiger partial charge in [-0.25, -0.2) is 13.4 Å². The predicted molar refractivity (Wildman–Crippen MR) is 139 cm³/mol. The molecule has 2 saturated heterocycles. The van der Waals surface area contributed by atoms with E-state index in [4.69, 9.17) is 10.1 Å². The Morgan fingerprint density at radius 1 is 0.914 bits per heavy atom. The van der Waals surface area contributed by atoms with Crippen molar-refractivity contribution in [3.05, 3.63) is 42.1 Å². The molecule has 2 aliphatic rings. The lowest BCUT2D eigenvalue weighted by molar-refractivity contribution is 0.147. The topological polar surface area (TPSA) is 77.3 Å². The third kappa shape index (κ3) is 4.92. The van der Waals surface area contributed by atoms with E-state index in [1.165, 1.54) is 11.8 Å². The van der Waals surface area contributed by atoms with E-state index in [0.717, 1.165) is 63.9 Å². The molecule has 35 heavy (non-hydrogen) atoms. The maximum absolute atomic E-state index is 13.8. The number of fused-ring (bicyclic) bond motifs is 1. The maximum Gasteiger partial charge on any atom is 0.213 e. The maximum atomic E-state index is 13.8. The highest BCUT2D eigenvalue weighted by Crippen LogP contribution is 2.34. The van der Waals surface area contributed by atoms with Crippen molar-refractivity contribution < 1.29 is 8.42 Å².